The molecule has 4 aromatic rings. The van der Waals surface area contributed by atoms with E-state index in [0.717, 1.165) is 30.2 Å². The van der Waals surface area contributed by atoms with Crippen molar-refractivity contribution in [2.75, 3.05) is 12.8 Å². The van der Waals surface area contributed by atoms with Crippen molar-refractivity contribution in [2.45, 2.75) is 31.6 Å². The Morgan fingerprint density at radius 1 is 0.972 bits per heavy atom. The van der Waals surface area contributed by atoms with Crippen LogP contribution >= 0.6 is 15.2 Å². The van der Waals surface area contributed by atoms with Gasteiger partial charge in [-0.1, -0.05) is 18.2 Å². The molecule has 12 heteroatoms. The van der Waals surface area contributed by atoms with Crippen LogP contribution in [-0.2, 0) is 26.9 Å². The fourth-order valence-corrected chi connectivity index (χ4v) is 6.55. The summed E-state index contributed by atoms with van der Waals surface area (Å²) in [5.74, 6) is 0.896. The largest absolute Gasteiger partial charge is 0.497 e. The summed E-state index contributed by atoms with van der Waals surface area (Å²) < 4.78 is 29.6. The van der Waals surface area contributed by atoms with E-state index >= 15 is 0 Å². The molecule has 0 radical (unpaired) electrons. The van der Waals surface area contributed by atoms with Gasteiger partial charge in [0.15, 0.2) is 10.7 Å². The van der Waals surface area contributed by atoms with Crippen molar-refractivity contribution in [1.82, 2.24) is 9.97 Å². The van der Waals surface area contributed by atoms with E-state index in [4.69, 9.17) is 10.5 Å². The van der Waals surface area contributed by atoms with E-state index in [2.05, 4.69) is 9.97 Å². The summed E-state index contributed by atoms with van der Waals surface area (Å²) in [5.41, 5.74) is 9.84. The second kappa shape index (κ2) is 9.23. The number of aromatic nitrogens is 2. The maximum absolute atomic E-state index is 12.1. The molecule has 2 aromatic carbocycles. The smallest absolute Gasteiger partial charge is 0.347 e. The van der Waals surface area contributed by atoms with Gasteiger partial charge >= 0.3 is 15.2 Å². The van der Waals surface area contributed by atoms with Gasteiger partial charge in [0.1, 0.15) is 11.3 Å². The van der Waals surface area contributed by atoms with Crippen LogP contribution in [0.25, 0.3) is 21.8 Å². The van der Waals surface area contributed by atoms with Crippen LogP contribution in [0, 0.1) is 6.92 Å². The number of nitrogen functional groups attached to an aromatic ring is 1. The lowest BCUT2D eigenvalue weighted by atomic mass is 9.99. The number of hydrogen-bond donors (Lipinski definition) is 5. The van der Waals surface area contributed by atoms with E-state index in [9.17, 15) is 28.7 Å². The molecule has 190 valence electrons. The van der Waals surface area contributed by atoms with Crippen LogP contribution < -0.4 is 10.5 Å². The van der Waals surface area contributed by atoms with Gasteiger partial charge in [0, 0.05) is 17.0 Å². The standard InChI is InChI=1S/C24H27N3O7P2/c1-14-10-18(34-3)8-6-16(14)5-4-15-11-20-19-9-7-17(24(2,35(28,29)30)36(31,32)33)12-21(19)27-23(25)22(20)26-13-15/h6-13H,4-5H2,1-3H3,(H2,25,27)(H2,28,29,30)(H2,31,32,33). The Balaban J connectivity index is 1.78. The summed E-state index contributed by atoms with van der Waals surface area (Å²) >= 11 is 0. The minimum atomic E-state index is -5.27. The summed E-state index contributed by atoms with van der Waals surface area (Å²) in [5, 5.41) is 1.28. The first kappa shape index (κ1) is 26.2. The van der Waals surface area contributed by atoms with Crippen LogP contribution in [0.3, 0.4) is 0 Å². The minimum absolute atomic E-state index is 0.0984. The summed E-state index contributed by atoms with van der Waals surface area (Å²) in [6.07, 6.45) is 3.21. The van der Waals surface area contributed by atoms with Crippen LogP contribution in [0.15, 0.2) is 48.7 Å². The molecule has 2 aromatic heterocycles. The van der Waals surface area contributed by atoms with E-state index in [-0.39, 0.29) is 16.9 Å². The maximum Gasteiger partial charge on any atom is 0.347 e. The predicted molar refractivity (Wildman–Crippen MR) is 138 cm³/mol. The molecule has 4 rings (SSSR count). The first-order valence-electron chi connectivity index (χ1n) is 11.0. The zero-order valence-corrected chi connectivity index (χ0v) is 21.7. The molecule has 36 heavy (non-hydrogen) atoms. The Labute approximate surface area is 207 Å². The van der Waals surface area contributed by atoms with Crippen molar-refractivity contribution in [1.29, 1.82) is 0 Å². The molecule has 0 spiro atoms. The summed E-state index contributed by atoms with van der Waals surface area (Å²) in [4.78, 5) is 45.3. The average molecular weight is 531 g/mol. The third-order valence-corrected chi connectivity index (χ3v) is 11.0. The predicted octanol–water partition coefficient (Wildman–Crippen LogP) is 4.00. The number of rotatable bonds is 7. The van der Waals surface area contributed by atoms with Gasteiger partial charge in [-0.05, 0) is 73.2 Å². The maximum atomic E-state index is 12.1. The molecule has 2 heterocycles. The molecular weight excluding hydrogens is 504 g/mol. The van der Waals surface area contributed by atoms with E-state index in [0.29, 0.717) is 22.7 Å². The molecule has 0 aliphatic rings. The molecule has 0 unspecified atom stereocenters. The van der Waals surface area contributed by atoms with Gasteiger partial charge < -0.3 is 30.0 Å². The van der Waals surface area contributed by atoms with Crippen molar-refractivity contribution < 1.29 is 33.4 Å². The number of benzene rings is 2. The number of aryl methyl sites for hydroxylation is 3. The SMILES string of the molecule is COc1ccc(CCc2cnc3c(N)nc4cc(C(C)(P(=O)(O)O)P(=O)(O)O)ccc4c3c2)c(C)c1. The number of hydrogen-bond acceptors (Lipinski definition) is 6. The fraction of sp³-hybridized carbons (Fsp3) is 0.250. The van der Waals surface area contributed by atoms with Crippen molar-refractivity contribution in [3.63, 3.8) is 0 Å². The molecule has 0 aliphatic carbocycles. The fourth-order valence-electron chi connectivity index (χ4n) is 4.24. The lowest BCUT2D eigenvalue weighted by molar-refractivity contribution is 0.314. The van der Waals surface area contributed by atoms with Crippen molar-refractivity contribution in [2.24, 2.45) is 0 Å². The quantitative estimate of drug-likeness (QED) is 0.173. The molecule has 0 fully saturated rings. The molecule has 0 atom stereocenters. The molecular formula is C24H27N3O7P2. The molecule has 0 bridgehead atoms. The molecule has 0 saturated heterocycles. The highest BCUT2D eigenvalue weighted by Gasteiger charge is 2.57. The first-order valence-corrected chi connectivity index (χ1v) is 14.2. The van der Waals surface area contributed by atoms with Gasteiger partial charge in [-0.15, -0.1) is 0 Å². The number of ether oxygens (including phenoxy) is 1. The zero-order valence-electron chi connectivity index (χ0n) is 19.9. The van der Waals surface area contributed by atoms with Crippen LogP contribution in [-0.4, -0.2) is 36.7 Å². The first-order chi connectivity index (χ1) is 16.8. The molecule has 6 N–H and O–H groups in total. The highest BCUT2D eigenvalue weighted by molar-refractivity contribution is 7.71. The number of pyridine rings is 2. The number of nitrogens with zero attached hydrogens (tertiary/aromatic N) is 2. The zero-order chi connectivity index (χ0) is 26.5. The third kappa shape index (κ3) is 4.52. The summed E-state index contributed by atoms with van der Waals surface area (Å²) in [6.45, 7) is 2.87. The van der Waals surface area contributed by atoms with Gasteiger partial charge in [0.25, 0.3) is 0 Å². The van der Waals surface area contributed by atoms with Gasteiger partial charge in [0.2, 0.25) is 0 Å². The normalized spacial score (nSPS) is 12.9. The monoisotopic (exact) mass is 531 g/mol. The van der Waals surface area contributed by atoms with Crippen molar-refractivity contribution >= 4 is 42.8 Å². The van der Waals surface area contributed by atoms with E-state index in [1.54, 1.807) is 13.3 Å². The topological polar surface area (TPSA) is 176 Å². The van der Waals surface area contributed by atoms with Gasteiger partial charge in [-0.25, -0.2) is 4.98 Å². The molecule has 0 amide bonds. The van der Waals surface area contributed by atoms with Crippen molar-refractivity contribution in [3.05, 3.63) is 70.9 Å². The number of fused-ring (bicyclic) bond motifs is 3. The van der Waals surface area contributed by atoms with E-state index < -0.39 is 20.1 Å². The average Bonchev–Trinajstić information content (AvgIpc) is 2.80. The molecule has 0 aliphatic heterocycles. The van der Waals surface area contributed by atoms with Crippen LogP contribution in [0.4, 0.5) is 5.82 Å². The van der Waals surface area contributed by atoms with Gasteiger partial charge in [0.05, 0.1) is 12.6 Å². The number of methoxy groups -OCH3 is 1. The Morgan fingerprint density at radius 3 is 2.28 bits per heavy atom. The third-order valence-electron chi connectivity index (χ3n) is 6.63. The second-order valence-corrected chi connectivity index (χ2v) is 13.2. The Hall–Kier alpha value is -2.84. The number of nitrogens with two attached hydrogens (primary N) is 1. The van der Waals surface area contributed by atoms with E-state index in [1.807, 2.05) is 31.2 Å². The summed E-state index contributed by atoms with van der Waals surface area (Å²) in [6, 6.07) is 12.0. The highest BCUT2D eigenvalue weighted by atomic mass is 31.2. The highest BCUT2D eigenvalue weighted by Crippen LogP contribution is 2.74. The van der Waals surface area contributed by atoms with Crippen LogP contribution in [0.2, 0.25) is 0 Å². The summed E-state index contributed by atoms with van der Waals surface area (Å²) in [7, 11) is -8.91. The minimum Gasteiger partial charge on any atom is -0.497 e. The molecule has 0 saturated carbocycles. The van der Waals surface area contributed by atoms with Crippen LogP contribution in [0.1, 0.15) is 29.2 Å². The van der Waals surface area contributed by atoms with Crippen molar-refractivity contribution in [3.8, 4) is 5.75 Å². The van der Waals surface area contributed by atoms with Crippen LogP contribution in [0.5, 0.6) is 5.75 Å². The Kier molecular flexibility index (Phi) is 6.73. The lowest BCUT2D eigenvalue weighted by Gasteiger charge is -2.31. The lowest BCUT2D eigenvalue weighted by Crippen LogP contribution is -2.22. The Morgan fingerprint density at radius 2 is 1.67 bits per heavy atom. The second-order valence-electron chi connectivity index (χ2n) is 8.87. The van der Waals surface area contributed by atoms with E-state index in [1.165, 1.54) is 23.8 Å². The van der Waals surface area contributed by atoms with Gasteiger partial charge in [-0.2, -0.15) is 0 Å². The van der Waals surface area contributed by atoms with Gasteiger partial charge in [-0.3, -0.25) is 14.1 Å². The molecule has 10 nitrogen and oxygen atoms in total. The Bertz CT molecular complexity index is 1560. The number of anilines is 1.